The van der Waals surface area contributed by atoms with Gasteiger partial charge in [-0.25, -0.2) is 8.42 Å². The molecule has 1 heterocycles. The maximum Gasteiger partial charge on any atom is 0.152 e. The highest BCUT2D eigenvalue weighted by Crippen LogP contribution is 2.21. The maximum atomic E-state index is 11.2. The van der Waals surface area contributed by atoms with Crippen LogP contribution in [-0.4, -0.2) is 51.0 Å². The first-order chi connectivity index (χ1) is 6.91. The summed E-state index contributed by atoms with van der Waals surface area (Å²) in [4.78, 5) is 2.22. The van der Waals surface area contributed by atoms with Gasteiger partial charge in [0, 0.05) is 19.6 Å². The Morgan fingerprint density at radius 2 is 1.87 bits per heavy atom. The predicted octanol–water partition coefficient (Wildman–Crippen LogP) is 0.0918. The minimum atomic E-state index is -2.76. The van der Waals surface area contributed by atoms with Crippen LogP contribution in [0, 0.1) is 5.41 Å². The van der Waals surface area contributed by atoms with E-state index in [-0.39, 0.29) is 5.41 Å². The van der Waals surface area contributed by atoms with Gasteiger partial charge in [-0.15, -0.1) is 0 Å². The molecule has 0 radical (unpaired) electrons. The number of sulfone groups is 1. The van der Waals surface area contributed by atoms with Crippen molar-refractivity contribution >= 4 is 9.84 Å². The van der Waals surface area contributed by atoms with E-state index < -0.39 is 9.84 Å². The van der Waals surface area contributed by atoms with E-state index in [4.69, 9.17) is 5.73 Å². The van der Waals surface area contributed by atoms with Gasteiger partial charge in [-0.05, 0) is 18.4 Å². The second-order valence-corrected chi connectivity index (χ2v) is 7.10. The Morgan fingerprint density at radius 1 is 1.33 bits per heavy atom. The first-order valence-electron chi connectivity index (χ1n) is 5.54. The van der Waals surface area contributed by atoms with Gasteiger partial charge in [0.25, 0.3) is 0 Å². The highest BCUT2D eigenvalue weighted by atomic mass is 32.2. The van der Waals surface area contributed by atoms with Crippen LogP contribution >= 0.6 is 0 Å². The molecule has 0 aliphatic carbocycles. The van der Waals surface area contributed by atoms with Gasteiger partial charge in [0.05, 0.1) is 11.5 Å². The van der Waals surface area contributed by atoms with Crippen LogP contribution in [0.1, 0.15) is 20.3 Å². The van der Waals surface area contributed by atoms with Crippen molar-refractivity contribution in [3.05, 3.63) is 0 Å². The van der Waals surface area contributed by atoms with E-state index in [1.807, 2.05) is 0 Å². The van der Waals surface area contributed by atoms with Crippen molar-refractivity contribution in [3.63, 3.8) is 0 Å². The smallest absolute Gasteiger partial charge is 0.152 e. The second kappa shape index (κ2) is 4.80. The van der Waals surface area contributed by atoms with E-state index in [1.165, 1.54) is 0 Å². The summed E-state index contributed by atoms with van der Waals surface area (Å²) >= 11 is 0. The molecular formula is C10H22N2O2S. The van der Waals surface area contributed by atoms with Gasteiger partial charge < -0.3 is 10.6 Å². The summed E-state index contributed by atoms with van der Waals surface area (Å²) in [5.74, 6) is 0.606. The Morgan fingerprint density at radius 3 is 2.27 bits per heavy atom. The predicted molar refractivity (Wildman–Crippen MR) is 62.5 cm³/mol. The summed E-state index contributed by atoms with van der Waals surface area (Å²) in [6.45, 7) is 7.20. The molecule has 15 heavy (non-hydrogen) atoms. The number of nitrogens with zero attached hydrogens (tertiary/aromatic N) is 1. The quantitative estimate of drug-likeness (QED) is 0.749. The lowest BCUT2D eigenvalue weighted by Crippen LogP contribution is -2.47. The number of rotatable bonds is 4. The van der Waals surface area contributed by atoms with E-state index in [0.717, 1.165) is 13.0 Å². The first kappa shape index (κ1) is 12.9. The normalized spacial score (nSPS) is 26.1. The molecule has 0 spiro atoms. The van der Waals surface area contributed by atoms with Crippen LogP contribution in [0.4, 0.5) is 0 Å². The van der Waals surface area contributed by atoms with Crippen LogP contribution in [0.15, 0.2) is 0 Å². The molecule has 0 aromatic rings. The fourth-order valence-electron chi connectivity index (χ4n) is 1.77. The largest absolute Gasteiger partial charge is 0.330 e. The molecule has 1 unspecified atom stereocenters. The fourth-order valence-corrected chi connectivity index (χ4v) is 3.05. The lowest BCUT2D eigenvalue weighted by molar-refractivity contribution is 0.174. The molecule has 0 bridgehead atoms. The highest BCUT2D eigenvalue weighted by Gasteiger charge is 2.28. The molecule has 2 N–H and O–H groups in total. The minimum absolute atomic E-state index is 0.126. The van der Waals surface area contributed by atoms with Crippen LogP contribution in [-0.2, 0) is 9.84 Å². The van der Waals surface area contributed by atoms with Gasteiger partial charge >= 0.3 is 0 Å². The molecule has 5 heteroatoms. The van der Waals surface area contributed by atoms with Crippen LogP contribution in [0.2, 0.25) is 0 Å². The summed E-state index contributed by atoms with van der Waals surface area (Å²) in [7, 11) is -2.76. The third-order valence-corrected chi connectivity index (χ3v) is 5.00. The summed E-state index contributed by atoms with van der Waals surface area (Å²) < 4.78 is 22.5. The third kappa shape index (κ3) is 3.74. The van der Waals surface area contributed by atoms with Crippen LogP contribution in [0.25, 0.3) is 0 Å². The maximum absolute atomic E-state index is 11.2. The van der Waals surface area contributed by atoms with Crippen LogP contribution < -0.4 is 5.73 Å². The van der Waals surface area contributed by atoms with Crippen molar-refractivity contribution in [2.45, 2.75) is 20.3 Å². The second-order valence-electron chi connectivity index (χ2n) is 4.80. The molecule has 0 aromatic heterocycles. The summed E-state index contributed by atoms with van der Waals surface area (Å²) in [6.07, 6.45) is 1.03. The van der Waals surface area contributed by atoms with Crippen molar-refractivity contribution in [3.8, 4) is 0 Å². The molecule has 1 rings (SSSR count). The van der Waals surface area contributed by atoms with Gasteiger partial charge in [0.1, 0.15) is 0 Å². The SMILES string of the molecule is CCC(C)(CN)CN1CCS(=O)(=O)CC1. The Balaban J connectivity index is 2.48. The number of hydrogen-bond donors (Lipinski definition) is 1. The van der Waals surface area contributed by atoms with Gasteiger partial charge in [0.15, 0.2) is 9.84 Å². The third-order valence-electron chi connectivity index (χ3n) is 3.39. The first-order valence-corrected chi connectivity index (χ1v) is 7.36. The molecule has 90 valence electrons. The molecule has 1 aliphatic rings. The lowest BCUT2D eigenvalue weighted by atomic mass is 9.87. The average molecular weight is 234 g/mol. The van der Waals surface area contributed by atoms with Crippen LogP contribution in [0.5, 0.6) is 0 Å². The van der Waals surface area contributed by atoms with Crippen molar-refractivity contribution in [2.75, 3.05) is 37.7 Å². The van der Waals surface area contributed by atoms with Crippen molar-refractivity contribution in [2.24, 2.45) is 11.1 Å². The van der Waals surface area contributed by atoms with Gasteiger partial charge in [0.2, 0.25) is 0 Å². The van der Waals surface area contributed by atoms with Crippen molar-refractivity contribution < 1.29 is 8.42 Å². The van der Waals surface area contributed by atoms with E-state index in [2.05, 4.69) is 18.7 Å². The van der Waals surface area contributed by atoms with E-state index in [9.17, 15) is 8.42 Å². The molecular weight excluding hydrogens is 212 g/mol. The zero-order valence-electron chi connectivity index (χ0n) is 9.70. The highest BCUT2D eigenvalue weighted by molar-refractivity contribution is 7.91. The lowest BCUT2D eigenvalue weighted by Gasteiger charge is -2.35. The molecule has 1 fully saturated rings. The summed E-state index contributed by atoms with van der Waals surface area (Å²) in [6, 6.07) is 0. The van der Waals surface area contributed by atoms with Crippen molar-refractivity contribution in [1.29, 1.82) is 0 Å². The standard InChI is InChI=1S/C10H22N2O2S/c1-3-10(2,8-11)9-12-4-6-15(13,14)7-5-12/h3-9,11H2,1-2H3. The zero-order valence-corrected chi connectivity index (χ0v) is 10.5. The van der Waals surface area contributed by atoms with Gasteiger partial charge in [-0.3, -0.25) is 0 Å². The number of hydrogen-bond acceptors (Lipinski definition) is 4. The Hall–Kier alpha value is -0.130. The number of nitrogens with two attached hydrogens (primary N) is 1. The van der Waals surface area contributed by atoms with E-state index >= 15 is 0 Å². The van der Waals surface area contributed by atoms with Gasteiger partial charge in [-0.2, -0.15) is 0 Å². The molecule has 1 saturated heterocycles. The monoisotopic (exact) mass is 234 g/mol. The molecule has 1 atom stereocenters. The Bertz CT molecular complexity index is 283. The minimum Gasteiger partial charge on any atom is -0.330 e. The Kier molecular flexibility index (Phi) is 4.14. The average Bonchev–Trinajstić information content (AvgIpc) is 2.21. The fraction of sp³-hybridized carbons (Fsp3) is 1.00. The van der Waals surface area contributed by atoms with Crippen LogP contribution in [0.3, 0.4) is 0 Å². The molecule has 0 aromatic carbocycles. The molecule has 0 saturated carbocycles. The summed E-state index contributed by atoms with van der Waals surface area (Å²) in [5.41, 5.74) is 5.87. The molecule has 1 aliphatic heterocycles. The van der Waals surface area contributed by atoms with E-state index in [1.54, 1.807) is 0 Å². The zero-order chi connectivity index (χ0) is 11.5. The van der Waals surface area contributed by atoms with E-state index in [0.29, 0.717) is 31.1 Å². The molecule has 0 amide bonds. The Labute approximate surface area is 92.7 Å². The van der Waals surface area contributed by atoms with Gasteiger partial charge in [-0.1, -0.05) is 13.8 Å². The molecule has 4 nitrogen and oxygen atoms in total. The topological polar surface area (TPSA) is 63.4 Å². The van der Waals surface area contributed by atoms with Crippen molar-refractivity contribution in [1.82, 2.24) is 4.90 Å². The summed E-state index contributed by atoms with van der Waals surface area (Å²) in [5, 5.41) is 0.